The molecule has 3 rings (SSSR count). The van der Waals surface area contributed by atoms with Gasteiger partial charge in [-0.3, -0.25) is 0 Å². The fourth-order valence-electron chi connectivity index (χ4n) is 3.11. The van der Waals surface area contributed by atoms with Gasteiger partial charge in [0.2, 0.25) is 0 Å². The van der Waals surface area contributed by atoms with Crippen LogP contribution < -0.4 is 0 Å². The fraction of sp³-hybridized carbons (Fsp3) is 0.562. The van der Waals surface area contributed by atoms with Crippen LogP contribution in [-0.2, 0) is 11.0 Å². The maximum atomic E-state index is 12.1. The molecule has 0 N–H and O–H groups in total. The molecule has 2 fully saturated rings. The zero-order valence-corrected chi connectivity index (χ0v) is 12.3. The van der Waals surface area contributed by atoms with Gasteiger partial charge in [0, 0.05) is 6.21 Å². The summed E-state index contributed by atoms with van der Waals surface area (Å²) in [5.41, 5.74) is 1.84. The Morgan fingerprint density at radius 1 is 1.26 bits per heavy atom. The van der Waals surface area contributed by atoms with E-state index in [1.807, 2.05) is 37.4 Å². The summed E-state index contributed by atoms with van der Waals surface area (Å²) in [6.45, 7) is 2.03. The molecule has 102 valence electrons. The summed E-state index contributed by atoms with van der Waals surface area (Å²) in [5, 5.41) is 0. The molecule has 0 aromatic heterocycles. The van der Waals surface area contributed by atoms with E-state index in [9.17, 15) is 4.21 Å². The SMILES string of the molecule is Cc1ccc([S@](=O)N=CC2CCCC3(CC3)C2)cc1. The summed E-state index contributed by atoms with van der Waals surface area (Å²) in [6, 6.07) is 7.79. The molecule has 1 spiro atoms. The minimum absolute atomic E-state index is 0.547. The zero-order valence-electron chi connectivity index (χ0n) is 11.5. The smallest absolute Gasteiger partial charge is 0.172 e. The van der Waals surface area contributed by atoms with Crippen LogP contribution in [-0.4, -0.2) is 10.4 Å². The molecule has 0 saturated heterocycles. The minimum atomic E-state index is -1.23. The van der Waals surface area contributed by atoms with Crippen LogP contribution in [0.5, 0.6) is 0 Å². The average Bonchev–Trinajstić information content (AvgIpc) is 3.16. The van der Waals surface area contributed by atoms with Crippen LogP contribution in [0.25, 0.3) is 0 Å². The van der Waals surface area contributed by atoms with Crippen molar-refractivity contribution in [1.82, 2.24) is 0 Å². The van der Waals surface area contributed by atoms with Crippen LogP contribution in [0.4, 0.5) is 0 Å². The number of benzene rings is 1. The van der Waals surface area contributed by atoms with E-state index in [-0.39, 0.29) is 0 Å². The van der Waals surface area contributed by atoms with Gasteiger partial charge in [-0.05, 0) is 62.5 Å². The molecule has 0 radical (unpaired) electrons. The van der Waals surface area contributed by atoms with E-state index in [2.05, 4.69) is 4.40 Å². The van der Waals surface area contributed by atoms with Gasteiger partial charge in [0.15, 0.2) is 11.0 Å². The lowest BCUT2D eigenvalue weighted by Gasteiger charge is -2.26. The second-order valence-corrected chi connectivity index (χ2v) is 7.35. The Labute approximate surface area is 117 Å². The molecule has 2 saturated carbocycles. The maximum Gasteiger partial charge on any atom is 0.172 e. The Balaban J connectivity index is 1.62. The van der Waals surface area contributed by atoms with E-state index in [0.29, 0.717) is 11.3 Å². The Kier molecular flexibility index (Phi) is 3.57. The highest BCUT2D eigenvalue weighted by Gasteiger charge is 2.45. The molecule has 19 heavy (non-hydrogen) atoms. The van der Waals surface area contributed by atoms with E-state index in [4.69, 9.17) is 0 Å². The standard InChI is InChI=1S/C16H21NOS/c1-13-4-6-15(7-5-13)19(18)17-12-14-3-2-8-16(11-14)9-10-16/h4-7,12,14H,2-3,8-11H2,1H3/t14?,19-/m0/s1. The van der Waals surface area contributed by atoms with Crippen LogP contribution in [0.2, 0.25) is 0 Å². The predicted octanol–water partition coefficient (Wildman–Crippen LogP) is 4.06. The van der Waals surface area contributed by atoms with Crippen molar-refractivity contribution in [2.75, 3.05) is 0 Å². The molecule has 3 heteroatoms. The topological polar surface area (TPSA) is 29.4 Å². The number of aryl methyl sites for hydroxylation is 1. The molecule has 1 aromatic rings. The van der Waals surface area contributed by atoms with E-state index in [0.717, 1.165) is 4.90 Å². The van der Waals surface area contributed by atoms with Gasteiger partial charge in [0.05, 0.1) is 4.90 Å². The number of hydrogen-bond acceptors (Lipinski definition) is 1. The number of rotatable bonds is 3. The van der Waals surface area contributed by atoms with Crippen LogP contribution >= 0.6 is 0 Å². The van der Waals surface area contributed by atoms with Crippen LogP contribution in [0.15, 0.2) is 33.6 Å². The molecule has 2 nitrogen and oxygen atoms in total. The molecule has 0 bridgehead atoms. The molecule has 1 aromatic carbocycles. The highest BCUT2D eigenvalue weighted by Crippen LogP contribution is 2.57. The molecular formula is C16H21NOS. The third-order valence-electron chi connectivity index (χ3n) is 4.52. The predicted molar refractivity (Wildman–Crippen MR) is 79.7 cm³/mol. The first kappa shape index (κ1) is 13.0. The largest absolute Gasteiger partial charge is 0.230 e. The summed E-state index contributed by atoms with van der Waals surface area (Å²) >= 11 is 0. The number of nitrogens with zero attached hydrogens (tertiary/aromatic N) is 1. The molecule has 0 amide bonds. The quantitative estimate of drug-likeness (QED) is 0.765. The Morgan fingerprint density at radius 3 is 2.68 bits per heavy atom. The van der Waals surface area contributed by atoms with Gasteiger partial charge in [-0.1, -0.05) is 24.1 Å². The van der Waals surface area contributed by atoms with Crippen molar-refractivity contribution in [3.8, 4) is 0 Å². The van der Waals surface area contributed by atoms with Crippen molar-refractivity contribution in [3.63, 3.8) is 0 Å². The molecular weight excluding hydrogens is 254 g/mol. The lowest BCUT2D eigenvalue weighted by atomic mass is 9.80. The van der Waals surface area contributed by atoms with Crippen LogP contribution in [0.1, 0.15) is 44.1 Å². The van der Waals surface area contributed by atoms with E-state index in [1.165, 1.54) is 44.1 Å². The van der Waals surface area contributed by atoms with E-state index in [1.54, 1.807) is 0 Å². The summed E-state index contributed by atoms with van der Waals surface area (Å²) in [4.78, 5) is 0.804. The Hall–Kier alpha value is -0.960. The van der Waals surface area contributed by atoms with Crippen LogP contribution in [0, 0.1) is 18.3 Å². The third-order valence-corrected chi connectivity index (χ3v) is 5.51. The lowest BCUT2D eigenvalue weighted by molar-refractivity contribution is 0.300. The monoisotopic (exact) mass is 275 g/mol. The average molecular weight is 275 g/mol. The highest BCUT2D eigenvalue weighted by atomic mass is 32.2. The van der Waals surface area contributed by atoms with Crippen molar-refractivity contribution in [2.45, 2.75) is 50.3 Å². The normalized spacial score (nSPS) is 26.7. The first-order chi connectivity index (χ1) is 9.17. The summed E-state index contributed by atoms with van der Waals surface area (Å²) in [7, 11) is -1.23. The van der Waals surface area contributed by atoms with Crippen molar-refractivity contribution in [1.29, 1.82) is 0 Å². The lowest BCUT2D eigenvalue weighted by Crippen LogP contribution is -2.17. The second kappa shape index (κ2) is 5.20. The van der Waals surface area contributed by atoms with Gasteiger partial charge in [-0.15, -0.1) is 0 Å². The van der Waals surface area contributed by atoms with E-state index >= 15 is 0 Å². The van der Waals surface area contributed by atoms with Gasteiger partial charge < -0.3 is 0 Å². The molecule has 0 heterocycles. The number of hydrogen-bond donors (Lipinski definition) is 0. The third kappa shape index (κ3) is 3.14. The van der Waals surface area contributed by atoms with Gasteiger partial charge in [0.25, 0.3) is 0 Å². The fourth-order valence-corrected chi connectivity index (χ4v) is 3.89. The van der Waals surface area contributed by atoms with E-state index < -0.39 is 11.0 Å². The summed E-state index contributed by atoms with van der Waals surface area (Å²) in [6.07, 6.45) is 9.97. The summed E-state index contributed by atoms with van der Waals surface area (Å²) in [5.74, 6) is 0.547. The highest BCUT2D eigenvalue weighted by molar-refractivity contribution is 7.83. The Morgan fingerprint density at radius 2 is 2.00 bits per heavy atom. The van der Waals surface area contributed by atoms with Gasteiger partial charge in [-0.2, -0.15) is 4.40 Å². The Bertz CT molecular complexity index is 502. The first-order valence-electron chi connectivity index (χ1n) is 7.20. The molecule has 0 aliphatic heterocycles. The van der Waals surface area contributed by atoms with Gasteiger partial charge >= 0.3 is 0 Å². The molecule has 2 atom stereocenters. The van der Waals surface area contributed by atoms with Crippen molar-refractivity contribution >= 4 is 17.2 Å². The molecule has 2 aliphatic rings. The summed E-state index contributed by atoms with van der Waals surface area (Å²) < 4.78 is 16.4. The van der Waals surface area contributed by atoms with Crippen molar-refractivity contribution in [2.24, 2.45) is 15.7 Å². The maximum absolute atomic E-state index is 12.1. The van der Waals surface area contributed by atoms with Crippen LogP contribution in [0.3, 0.4) is 0 Å². The first-order valence-corrected chi connectivity index (χ1v) is 8.30. The zero-order chi connectivity index (χ0) is 13.3. The molecule has 2 aliphatic carbocycles. The van der Waals surface area contributed by atoms with Crippen molar-refractivity contribution < 1.29 is 4.21 Å². The minimum Gasteiger partial charge on any atom is -0.230 e. The second-order valence-electron chi connectivity index (χ2n) is 6.17. The van der Waals surface area contributed by atoms with Gasteiger partial charge in [0.1, 0.15) is 0 Å². The van der Waals surface area contributed by atoms with Crippen molar-refractivity contribution in [3.05, 3.63) is 29.8 Å². The molecule has 1 unspecified atom stereocenters. The van der Waals surface area contributed by atoms with Gasteiger partial charge in [-0.25, -0.2) is 4.21 Å².